The molecule has 1 atom stereocenters. The molecule has 0 saturated heterocycles. The van der Waals surface area contributed by atoms with Crippen molar-refractivity contribution < 1.29 is 28.6 Å². The molecule has 1 aliphatic carbocycles. The smallest absolute Gasteiger partial charge is 0.337 e. The third kappa shape index (κ3) is 4.74. The molecule has 1 unspecified atom stereocenters. The van der Waals surface area contributed by atoms with E-state index in [0.29, 0.717) is 5.75 Å². The number of benzene rings is 2. The lowest BCUT2D eigenvalue weighted by Gasteiger charge is -2.16. The number of fused-ring (bicyclic) bond motifs is 1. The van der Waals surface area contributed by atoms with Gasteiger partial charge in [0.15, 0.2) is 6.10 Å². The van der Waals surface area contributed by atoms with Crippen molar-refractivity contribution in [1.29, 1.82) is 0 Å². The fraction of sp³-hybridized carbons (Fsp3) is 0.318. The van der Waals surface area contributed by atoms with Gasteiger partial charge in [0, 0.05) is 5.69 Å². The Bertz CT molecular complexity index is 918. The van der Waals surface area contributed by atoms with Crippen molar-refractivity contribution in [3.63, 3.8) is 0 Å². The summed E-state index contributed by atoms with van der Waals surface area (Å²) in [6.45, 7) is 1.63. The highest BCUT2D eigenvalue weighted by molar-refractivity contribution is 6.00. The van der Waals surface area contributed by atoms with Crippen LogP contribution in [0.2, 0.25) is 0 Å². The lowest BCUT2D eigenvalue weighted by molar-refractivity contribution is -0.122. The minimum Gasteiger partial charge on any atom is -0.481 e. The van der Waals surface area contributed by atoms with E-state index in [-0.39, 0.29) is 16.8 Å². The van der Waals surface area contributed by atoms with Gasteiger partial charge >= 0.3 is 11.9 Å². The van der Waals surface area contributed by atoms with Gasteiger partial charge in [0.05, 0.1) is 25.3 Å². The SMILES string of the molecule is COC(=O)c1cc(NC(=O)C(C)Oc2ccc3c(c2)CCC3)cc(C(=O)OC)c1. The van der Waals surface area contributed by atoms with Gasteiger partial charge < -0.3 is 19.5 Å². The largest absolute Gasteiger partial charge is 0.481 e. The van der Waals surface area contributed by atoms with Crippen molar-refractivity contribution in [3.8, 4) is 5.75 Å². The molecule has 7 heteroatoms. The number of hydrogen-bond acceptors (Lipinski definition) is 6. The number of hydrogen-bond donors (Lipinski definition) is 1. The zero-order valence-electron chi connectivity index (χ0n) is 16.6. The van der Waals surface area contributed by atoms with Gasteiger partial charge in [-0.15, -0.1) is 0 Å². The summed E-state index contributed by atoms with van der Waals surface area (Å²) in [6.07, 6.45) is 2.44. The molecule has 0 bridgehead atoms. The molecule has 152 valence electrons. The van der Waals surface area contributed by atoms with E-state index in [9.17, 15) is 14.4 Å². The number of amides is 1. The van der Waals surface area contributed by atoms with Crippen LogP contribution in [-0.2, 0) is 27.1 Å². The molecule has 2 aromatic carbocycles. The highest BCUT2D eigenvalue weighted by atomic mass is 16.5. The Labute approximate surface area is 169 Å². The molecule has 0 aliphatic heterocycles. The summed E-state index contributed by atoms with van der Waals surface area (Å²) in [5.41, 5.74) is 3.09. The normalized spacial score (nSPS) is 13.2. The van der Waals surface area contributed by atoms with E-state index in [1.165, 1.54) is 43.5 Å². The first-order valence-electron chi connectivity index (χ1n) is 9.32. The molecule has 29 heavy (non-hydrogen) atoms. The summed E-state index contributed by atoms with van der Waals surface area (Å²) >= 11 is 0. The number of methoxy groups -OCH3 is 2. The van der Waals surface area contributed by atoms with Crippen LogP contribution in [0.3, 0.4) is 0 Å². The molecule has 0 saturated carbocycles. The van der Waals surface area contributed by atoms with Crippen LogP contribution in [0.15, 0.2) is 36.4 Å². The number of carbonyl (C=O) groups excluding carboxylic acids is 3. The van der Waals surface area contributed by atoms with Gasteiger partial charge in [-0.05, 0) is 67.6 Å². The molecule has 3 rings (SSSR count). The second kappa shape index (κ2) is 8.77. The van der Waals surface area contributed by atoms with Crippen LogP contribution in [-0.4, -0.2) is 38.2 Å². The van der Waals surface area contributed by atoms with Crippen LogP contribution >= 0.6 is 0 Å². The molecular weight excluding hydrogens is 374 g/mol. The van der Waals surface area contributed by atoms with E-state index in [2.05, 4.69) is 5.32 Å². The Hall–Kier alpha value is -3.35. The molecule has 2 aromatic rings. The predicted octanol–water partition coefficient (Wildman–Crippen LogP) is 3.15. The molecule has 0 heterocycles. The number of nitrogens with one attached hydrogen (secondary N) is 1. The lowest BCUT2D eigenvalue weighted by atomic mass is 10.1. The number of esters is 2. The summed E-state index contributed by atoms with van der Waals surface area (Å²) < 4.78 is 15.2. The number of rotatable bonds is 6. The quantitative estimate of drug-likeness (QED) is 0.753. The Morgan fingerprint density at radius 1 is 0.897 bits per heavy atom. The van der Waals surface area contributed by atoms with Crippen molar-refractivity contribution in [3.05, 3.63) is 58.7 Å². The monoisotopic (exact) mass is 397 g/mol. The Kier molecular flexibility index (Phi) is 6.16. The topological polar surface area (TPSA) is 90.9 Å². The zero-order valence-corrected chi connectivity index (χ0v) is 16.6. The predicted molar refractivity (Wildman–Crippen MR) is 106 cm³/mol. The van der Waals surface area contributed by atoms with Crippen molar-refractivity contribution in [2.75, 3.05) is 19.5 Å². The highest BCUT2D eigenvalue weighted by Crippen LogP contribution is 2.26. The van der Waals surface area contributed by atoms with Crippen LogP contribution in [0.25, 0.3) is 0 Å². The molecule has 7 nitrogen and oxygen atoms in total. The van der Waals surface area contributed by atoms with Gasteiger partial charge in [-0.3, -0.25) is 4.79 Å². The summed E-state index contributed by atoms with van der Waals surface area (Å²) in [5.74, 6) is -1.04. The zero-order chi connectivity index (χ0) is 21.0. The second-order valence-electron chi connectivity index (χ2n) is 6.82. The Balaban J connectivity index is 1.74. The molecule has 0 aromatic heterocycles. The van der Waals surface area contributed by atoms with Gasteiger partial charge in [-0.1, -0.05) is 6.07 Å². The summed E-state index contributed by atoms with van der Waals surface area (Å²) in [4.78, 5) is 36.3. The maximum atomic E-state index is 12.6. The summed E-state index contributed by atoms with van der Waals surface area (Å²) in [6, 6.07) is 10.1. The van der Waals surface area contributed by atoms with E-state index >= 15 is 0 Å². The van der Waals surface area contributed by atoms with Crippen LogP contribution in [0, 0.1) is 0 Å². The van der Waals surface area contributed by atoms with Gasteiger partial charge in [0.2, 0.25) is 0 Å². The fourth-order valence-electron chi connectivity index (χ4n) is 3.29. The standard InChI is InChI=1S/C22H23NO6/c1-13(29-19-8-7-14-5-4-6-15(14)12-19)20(24)23-18-10-16(21(25)27-2)9-17(11-18)22(26)28-3/h7-13H,4-6H2,1-3H3,(H,23,24). The average Bonchev–Trinajstić information content (AvgIpc) is 3.20. The molecular formula is C22H23NO6. The molecule has 1 aliphatic rings. The number of aryl methyl sites for hydroxylation is 2. The number of carbonyl (C=O) groups is 3. The van der Waals surface area contributed by atoms with Gasteiger partial charge in [-0.2, -0.15) is 0 Å². The first-order chi connectivity index (χ1) is 13.9. The first kappa shape index (κ1) is 20.4. The maximum absolute atomic E-state index is 12.6. The van der Waals surface area contributed by atoms with E-state index < -0.39 is 23.9 Å². The first-order valence-corrected chi connectivity index (χ1v) is 9.32. The van der Waals surface area contributed by atoms with Crippen LogP contribution in [0.1, 0.15) is 45.2 Å². The van der Waals surface area contributed by atoms with Gasteiger partial charge in [0.25, 0.3) is 5.91 Å². The molecule has 1 N–H and O–H groups in total. The molecule has 0 spiro atoms. The molecule has 0 radical (unpaired) electrons. The van der Waals surface area contributed by atoms with Crippen molar-refractivity contribution in [2.45, 2.75) is 32.3 Å². The molecule has 1 amide bonds. The minimum absolute atomic E-state index is 0.123. The lowest BCUT2D eigenvalue weighted by Crippen LogP contribution is -2.30. The van der Waals surface area contributed by atoms with Crippen LogP contribution in [0.5, 0.6) is 5.75 Å². The minimum atomic E-state index is -0.780. The maximum Gasteiger partial charge on any atom is 0.337 e. The third-order valence-corrected chi connectivity index (χ3v) is 4.79. The average molecular weight is 397 g/mol. The van der Waals surface area contributed by atoms with Crippen LogP contribution < -0.4 is 10.1 Å². The Morgan fingerprint density at radius 3 is 2.14 bits per heavy atom. The van der Waals surface area contributed by atoms with Gasteiger partial charge in [0.1, 0.15) is 5.75 Å². The van der Waals surface area contributed by atoms with Gasteiger partial charge in [-0.25, -0.2) is 9.59 Å². The fourth-order valence-corrected chi connectivity index (χ4v) is 3.29. The van der Waals surface area contributed by atoms with E-state index in [1.54, 1.807) is 6.92 Å². The highest BCUT2D eigenvalue weighted by Gasteiger charge is 2.19. The number of ether oxygens (including phenoxy) is 3. The molecule has 0 fully saturated rings. The Morgan fingerprint density at radius 2 is 1.52 bits per heavy atom. The van der Waals surface area contributed by atoms with Crippen molar-refractivity contribution >= 4 is 23.5 Å². The van der Waals surface area contributed by atoms with E-state index in [4.69, 9.17) is 14.2 Å². The van der Waals surface area contributed by atoms with Crippen molar-refractivity contribution in [2.24, 2.45) is 0 Å². The second-order valence-corrected chi connectivity index (χ2v) is 6.82. The summed E-state index contributed by atoms with van der Waals surface area (Å²) in [7, 11) is 2.47. The summed E-state index contributed by atoms with van der Waals surface area (Å²) in [5, 5.41) is 2.67. The van der Waals surface area contributed by atoms with E-state index in [0.717, 1.165) is 19.3 Å². The van der Waals surface area contributed by atoms with Crippen LogP contribution in [0.4, 0.5) is 5.69 Å². The number of anilines is 1. The van der Waals surface area contributed by atoms with Crippen molar-refractivity contribution in [1.82, 2.24) is 0 Å². The van der Waals surface area contributed by atoms with E-state index in [1.807, 2.05) is 18.2 Å². The third-order valence-electron chi connectivity index (χ3n) is 4.79.